The summed E-state index contributed by atoms with van der Waals surface area (Å²) in [5, 5.41) is 12.2. The molecular weight excluding hydrogens is 214 g/mol. The van der Waals surface area contributed by atoms with Crippen molar-refractivity contribution in [3.05, 3.63) is 0 Å². The van der Waals surface area contributed by atoms with Crippen molar-refractivity contribution < 1.29 is 4.79 Å². The second-order valence-corrected chi connectivity index (χ2v) is 4.80. The number of carbonyl (C=O) groups is 1. The van der Waals surface area contributed by atoms with Crippen LogP contribution in [0.4, 0.5) is 0 Å². The minimum absolute atomic E-state index is 0.0670. The van der Waals surface area contributed by atoms with Crippen molar-refractivity contribution in [3.8, 4) is 6.07 Å². The number of hydrogen-bond acceptors (Lipinski definition) is 3. The molecule has 0 radical (unpaired) electrons. The Balaban J connectivity index is 2.27. The van der Waals surface area contributed by atoms with Gasteiger partial charge in [0, 0.05) is 12.6 Å². The number of nitrogens with zero attached hydrogens (tertiary/aromatic N) is 2. The van der Waals surface area contributed by atoms with E-state index in [0.717, 1.165) is 25.8 Å². The van der Waals surface area contributed by atoms with Gasteiger partial charge in [0.25, 0.3) is 0 Å². The van der Waals surface area contributed by atoms with Crippen molar-refractivity contribution in [1.82, 2.24) is 10.2 Å². The molecule has 1 N–H and O–H groups in total. The molecule has 0 aromatic carbocycles. The molecule has 0 spiro atoms. The van der Waals surface area contributed by atoms with Crippen molar-refractivity contribution in [3.63, 3.8) is 0 Å². The Morgan fingerprint density at radius 1 is 1.65 bits per heavy atom. The number of likely N-dealkylation sites (tertiary alicyclic amines) is 1. The molecule has 17 heavy (non-hydrogen) atoms. The zero-order chi connectivity index (χ0) is 12.7. The average Bonchev–Trinajstić information content (AvgIpc) is 2.81. The first kappa shape index (κ1) is 14.0. The molecule has 2 atom stereocenters. The lowest BCUT2D eigenvalue weighted by molar-refractivity contribution is -0.130. The normalized spacial score (nSPS) is 21.2. The van der Waals surface area contributed by atoms with Crippen molar-refractivity contribution in [1.29, 1.82) is 5.26 Å². The maximum absolute atomic E-state index is 11.9. The Labute approximate surface area is 104 Å². The molecule has 4 nitrogen and oxygen atoms in total. The second-order valence-electron chi connectivity index (χ2n) is 4.80. The molecule has 0 saturated carbocycles. The fourth-order valence-corrected chi connectivity index (χ4v) is 2.17. The van der Waals surface area contributed by atoms with E-state index >= 15 is 0 Å². The van der Waals surface area contributed by atoms with Gasteiger partial charge in [-0.05, 0) is 26.2 Å². The summed E-state index contributed by atoms with van der Waals surface area (Å²) in [5.41, 5.74) is 0. The predicted molar refractivity (Wildman–Crippen MR) is 67.3 cm³/mol. The molecule has 1 saturated heterocycles. The highest BCUT2D eigenvalue weighted by Gasteiger charge is 2.28. The van der Waals surface area contributed by atoms with Crippen LogP contribution >= 0.6 is 0 Å². The smallest absolute Gasteiger partial charge is 0.237 e. The van der Waals surface area contributed by atoms with Crippen molar-refractivity contribution in [2.75, 3.05) is 13.1 Å². The van der Waals surface area contributed by atoms with Crippen LogP contribution in [0.3, 0.4) is 0 Å². The Morgan fingerprint density at radius 2 is 2.41 bits per heavy atom. The summed E-state index contributed by atoms with van der Waals surface area (Å²) in [6.07, 6.45) is 5.25. The van der Waals surface area contributed by atoms with E-state index in [0.29, 0.717) is 12.6 Å². The van der Waals surface area contributed by atoms with Crippen LogP contribution < -0.4 is 5.32 Å². The average molecular weight is 237 g/mol. The van der Waals surface area contributed by atoms with E-state index in [9.17, 15) is 4.79 Å². The summed E-state index contributed by atoms with van der Waals surface area (Å²) < 4.78 is 0. The molecule has 4 heteroatoms. The molecule has 0 bridgehead atoms. The van der Waals surface area contributed by atoms with E-state index in [4.69, 9.17) is 5.26 Å². The fourth-order valence-electron chi connectivity index (χ4n) is 2.17. The standard InChI is InChI=1S/C13H23N3O/c1-3-4-6-11(2)15-10-13(17)16-8-5-7-12(16)9-14/h11-12,15H,3-8,10H2,1-2H3. The fraction of sp³-hybridized carbons (Fsp3) is 0.846. The monoisotopic (exact) mass is 237 g/mol. The van der Waals surface area contributed by atoms with Crippen LogP contribution in [0.5, 0.6) is 0 Å². The molecule has 1 rings (SSSR count). The van der Waals surface area contributed by atoms with Crippen LogP contribution in [0.1, 0.15) is 46.0 Å². The lowest BCUT2D eigenvalue weighted by Gasteiger charge is -2.21. The number of nitriles is 1. The van der Waals surface area contributed by atoms with Gasteiger partial charge in [0.05, 0.1) is 12.6 Å². The van der Waals surface area contributed by atoms with Crippen LogP contribution in [0, 0.1) is 11.3 Å². The van der Waals surface area contributed by atoms with Gasteiger partial charge in [-0.2, -0.15) is 5.26 Å². The highest BCUT2D eigenvalue weighted by molar-refractivity contribution is 5.79. The molecule has 1 aliphatic heterocycles. The van der Waals surface area contributed by atoms with Gasteiger partial charge in [-0.25, -0.2) is 0 Å². The van der Waals surface area contributed by atoms with Crippen LogP contribution in [0.2, 0.25) is 0 Å². The Kier molecular flexibility index (Phi) is 5.99. The highest BCUT2D eigenvalue weighted by atomic mass is 16.2. The number of unbranched alkanes of at least 4 members (excludes halogenated alkanes) is 1. The summed E-state index contributed by atoms with van der Waals surface area (Å²) in [5.74, 6) is 0.0670. The van der Waals surface area contributed by atoms with Gasteiger partial charge in [0.15, 0.2) is 0 Å². The van der Waals surface area contributed by atoms with E-state index in [1.54, 1.807) is 4.90 Å². The molecule has 0 aromatic rings. The second kappa shape index (κ2) is 7.29. The van der Waals surface area contributed by atoms with Crippen molar-refractivity contribution in [2.24, 2.45) is 0 Å². The largest absolute Gasteiger partial charge is 0.326 e. The first-order valence-corrected chi connectivity index (χ1v) is 6.61. The summed E-state index contributed by atoms with van der Waals surface area (Å²) in [4.78, 5) is 13.6. The Bertz CT molecular complexity index is 285. The predicted octanol–water partition coefficient (Wildman–Crippen LogP) is 1.67. The summed E-state index contributed by atoms with van der Waals surface area (Å²) in [6, 6.07) is 2.37. The minimum atomic E-state index is -0.199. The SMILES string of the molecule is CCCCC(C)NCC(=O)N1CCCC1C#N. The topological polar surface area (TPSA) is 56.1 Å². The van der Waals surface area contributed by atoms with Gasteiger partial charge >= 0.3 is 0 Å². The molecule has 0 aliphatic carbocycles. The molecule has 1 fully saturated rings. The molecule has 1 amide bonds. The lowest BCUT2D eigenvalue weighted by Crippen LogP contribution is -2.42. The molecule has 2 unspecified atom stereocenters. The van der Waals surface area contributed by atoms with Crippen LogP contribution in [-0.4, -0.2) is 36.0 Å². The minimum Gasteiger partial charge on any atom is -0.326 e. The zero-order valence-electron chi connectivity index (χ0n) is 10.9. The van der Waals surface area contributed by atoms with E-state index < -0.39 is 0 Å². The number of carbonyl (C=O) groups excluding carboxylic acids is 1. The van der Waals surface area contributed by atoms with E-state index in [2.05, 4.69) is 25.2 Å². The van der Waals surface area contributed by atoms with Crippen LogP contribution in [-0.2, 0) is 4.79 Å². The van der Waals surface area contributed by atoms with E-state index in [1.807, 2.05) is 0 Å². The third-order valence-corrected chi connectivity index (χ3v) is 3.31. The van der Waals surface area contributed by atoms with Crippen molar-refractivity contribution >= 4 is 5.91 Å². The highest BCUT2D eigenvalue weighted by Crippen LogP contribution is 2.16. The molecule has 1 heterocycles. The summed E-state index contributed by atoms with van der Waals surface area (Å²) in [7, 11) is 0. The summed E-state index contributed by atoms with van der Waals surface area (Å²) >= 11 is 0. The number of hydrogen-bond donors (Lipinski definition) is 1. The maximum Gasteiger partial charge on any atom is 0.237 e. The molecule has 1 aliphatic rings. The first-order chi connectivity index (χ1) is 8.19. The lowest BCUT2D eigenvalue weighted by atomic mass is 10.1. The van der Waals surface area contributed by atoms with Crippen LogP contribution in [0.25, 0.3) is 0 Å². The maximum atomic E-state index is 11.9. The van der Waals surface area contributed by atoms with Crippen LogP contribution in [0.15, 0.2) is 0 Å². The van der Waals surface area contributed by atoms with Gasteiger partial charge in [-0.1, -0.05) is 19.8 Å². The quantitative estimate of drug-likeness (QED) is 0.764. The third kappa shape index (κ3) is 4.35. The van der Waals surface area contributed by atoms with Gasteiger partial charge in [0.2, 0.25) is 5.91 Å². The van der Waals surface area contributed by atoms with E-state index in [-0.39, 0.29) is 11.9 Å². The number of nitrogens with one attached hydrogen (secondary N) is 1. The van der Waals surface area contributed by atoms with Gasteiger partial charge in [-0.15, -0.1) is 0 Å². The first-order valence-electron chi connectivity index (χ1n) is 6.61. The van der Waals surface area contributed by atoms with Crippen molar-refractivity contribution in [2.45, 2.75) is 58.0 Å². The molecule has 0 aromatic heterocycles. The van der Waals surface area contributed by atoms with E-state index in [1.165, 1.54) is 12.8 Å². The Hall–Kier alpha value is -1.08. The number of amides is 1. The zero-order valence-corrected chi connectivity index (χ0v) is 10.9. The number of rotatable bonds is 6. The molecular formula is C13H23N3O. The third-order valence-electron chi connectivity index (χ3n) is 3.31. The van der Waals surface area contributed by atoms with Gasteiger partial charge in [0.1, 0.15) is 6.04 Å². The molecule has 96 valence electrons. The Morgan fingerprint density at radius 3 is 3.06 bits per heavy atom. The summed E-state index contributed by atoms with van der Waals surface area (Å²) in [6.45, 7) is 5.37. The van der Waals surface area contributed by atoms with Gasteiger partial charge < -0.3 is 10.2 Å². The van der Waals surface area contributed by atoms with Gasteiger partial charge in [-0.3, -0.25) is 4.79 Å².